The van der Waals surface area contributed by atoms with Gasteiger partial charge in [-0.25, -0.2) is 15.0 Å². The van der Waals surface area contributed by atoms with Crippen LogP contribution >= 0.6 is 0 Å². The standard InChI is InChI=1S/C32H19N5OS/c38-39-26-14-8-7-13-25(26)37-24-16-15-22(19-23(24)28-29(37)27(39)17-18-33-28)32-35-30(20-9-3-1-4-10-20)34-31(36-32)21-11-5-2-6-12-21/h1-19H. The van der Waals surface area contributed by atoms with Gasteiger partial charge in [0.25, 0.3) is 0 Å². The highest BCUT2D eigenvalue weighted by molar-refractivity contribution is 7.92. The van der Waals surface area contributed by atoms with E-state index in [0.717, 1.165) is 54.1 Å². The number of hydrogen-bond donors (Lipinski definition) is 0. The molecule has 0 spiro atoms. The quantitative estimate of drug-likeness (QED) is 0.238. The van der Waals surface area contributed by atoms with Gasteiger partial charge in [0.15, 0.2) is 27.3 Å². The first-order valence-electron chi connectivity index (χ1n) is 12.6. The van der Waals surface area contributed by atoms with Gasteiger partial charge < -0.3 is 4.55 Å². The van der Waals surface area contributed by atoms with Crippen LogP contribution < -0.4 is 0 Å². The monoisotopic (exact) mass is 521 g/mol. The highest BCUT2D eigenvalue weighted by Gasteiger charge is 2.32. The molecule has 7 aromatic rings. The predicted molar refractivity (Wildman–Crippen MR) is 153 cm³/mol. The molecule has 6 nitrogen and oxygen atoms in total. The van der Waals surface area contributed by atoms with Gasteiger partial charge in [0.05, 0.1) is 5.52 Å². The molecule has 1 atom stereocenters. The lowest BCUT2D eigenvalue weighted by molar-refractivity contribution is 0.593. The van der Waals surface area contributed by atoms with Gasteiger partial charge in [0.1, 0.15) is 16.7 Å². The molecule has 7 heteroatoms. The fourth-order valence-corrected chi connectivity index (χ4v) is 6.62. The first-order valence-corrected chi connectivity index (χ1v) is 13.7. The van der Waals surface area contributed by atoms with E-state index >= 15 is 0 Å². The maximum atomic E-state index is 13.4. The lowest BCUT2D eigenvalue weighted by Gasteiger charge is -2.21. The van der Waals surface area contributed by atoms with Crippen LogP contribution in [0.4, 0.5) is 0 Å². The van der Waals surface area contributed by atoms with Crippen LogP contribution in [-0.4, -0.2) is 29.1 Å². The van der Waals surface area contributed by atoms with Gasteiger partial charge in [-0.15, -0.1) is 0 Å². The summed E-state index contributed by atoms with van der Waals surface area (Å²) < 4.78 is 15.6. The largest absolute Gasteiger partial charge is 0.606 e. The van der Waals surface area contributed by atoms with Crippen LogP contribution in [0.5, 0.6) is 0 Å². The lowest BCUT2D eigenvalue weighted by Crippen LogP contribution is -2.14. The minimum absolute atomic E-state index is 0.584. The Morgan fingerprint density at radius 2 is 1.21 bits per heavy atom. The van der Waals surface area contributed by atoms with Crippen LogP contribution in [0.2, 0.25) is 0 Å². The van der Waals surface area contributed by atoms with Crippen LogP contribution in [0.25, 0.3) is 61.8 Å². The van der Waals surface area contributed by atoms with Gasteiger partial charge in [-0.2, -0.15) is 0 Å². The second kappa shape index (κ2) is 8.59. The molecule has 184 valence electrons. The van der Waals surface area contributed by atoms with Gasteiger partial charge >= 0.3 is 0 Å². The van der Waals surface area contributed by atoms with E-state index in [1.807, 2.05) is 97.1 Å². The third kappa shape index (κ3) is 3.41. The zero-order valence-corrected chi connectivity index (χ0v) is 21.3. The number of rotatable bonds is 3. The van der Waals surface area contributed by atoms with Crippen molar-refractivity contribution in [3.63, 3.8) is 0 Å². The number of pyridine rings is 1. The van der Waals surface area contributed by atoms with Gasteiger partial charge in [-0.05, 0) is 30.3 Å². The van der Waals surface area contributed by atoms with Crippen molar-refractivity contribution in [3.8, 4) is 39.9 Å². The number of aromatic nitrogens is 5. The Kier molecular flexibility index (Phi) is 4.88. The smallest absolute Gasteiger partial charge is 0.186 e. The van der Waals surface area contributed by atoms with E-state index in [9.17, 15) is 4.55 Å². The van der Waals surface area contributed by atoms with Gasteiger partial charge in [0.2, 0.25) is 0 Å². The van der Waals surface area contributed by atoms with Crippen molar-refractivity contribution in [2.45, 2.75) is 9.79 Å². The summed E-state index contributed by atoms with van der Waals surface area (Å²) in [5.41, 5.74) is 6.32. The summed E-state index contributed by atoms with van der Waals surface area (Å²) in [4.78, 5) is 20.9. The molecular formula is C32H19N5OS. The minimum atomic E-state index is -1.27. The third-order valence-electron chi connectivity index (χ3n) is 7.07. The predicted octanol–water partition coefficient (Wildman–Crippen LogP) is 6.84. The van der Waals surface area contributed by atoms with Gasteiger partial charge in [0, 0.05) is 45.5 Å². The Hall–Kier alpha value is -4.85. The maximum absolute atomic E-state index is 13.4. The molecule has 1 unspecified atom stereocenters. The summed E-state index contributed by atoms with van der Waals surface area (Å²) in [6.45, 7) is 0. The first kappa shape index (κ1) is 22.2. The molecule has 39 heavy (non-hydrogen) atoms. The molecule has 0 amide bonds. The van der Waals surface area contributed by atoms with E-state index in [2.05, 4.69) is 16.7 Å². The molecule has 4 aromatic carbocycles. The van der Waals surface area contributed by atoms with Crippen LogP contribution in [0.15, 0.2) is 125 Å². The maximum Gasteiger partial charge on any atom is 0.186 e. The average molecular weight is 522 g/mol. The van der Waals surface area contributed by atoms with E-state index in [4.69, 9.17) is 19.9 Å². The zero-order valence-electron chi connectivity index (χ0n) is 20.5. The van der Waals surface area contributed by atoms with Gasteiger partial charge in [-0.3, -0.25) is 9.55 Å². The minimum Gasteiger partial charge on any atom is -0.606 e. The summed E-state index contributed by atoms with van der Waals surface area (Å²) >= 11 is -1.27. The number of benzene rings is 4. The number of para-hydroxylation sites is 1. The van der Waals surface area contributed by atoms with E-state index < -0.39 is 11.2 Å². The fraction of sp³-hybridized carbons (Fsp3) is 0. The molecule has 0 saturated heterocycles. The number of fused-ring (bicyclic) bond motifs is 5. The molecule has 0 saturated carbocycles. The van der Waals surface area contributed by atoms with Crippen molar-refractivity contribution in [2.75, 3.05) is 0 Å². The molecular weight excluding hydrogens is 502 g/mol. The highest BCUT2D eigenvalue weighted by atomic mass is 32.2. The van der Waals surface area contributed by atoms with Crippen LogP contribution in [0, 0.1) is 0 Å². The number of nitrogens with zero attached hydrogens (tertiary/aromatic N) is 5. The SMILES string of the molecule is [O-][S+]1c2ccccc2-n2c3ccc(-c4nc(-c5ccccc5)nc(-c5ccccc5)n4)cc3c3nccc1c32. The second-order valence-corrected chi connectivity index (χ2v) is 10.8. The Labute approximate surface area is 226 Å². The summed E-state index contributed by atoms with van der Waals surface area (Å²) in [5.74, 6) is 1.81. The molecule has 1 aliphatic rings. The van der Waals surface area contributed by atoms with E-state index in [1.165, 1.54) is 0 Å². The van der Waals surface area contributed by atoms with Crippen LogP contribution in [-0.2, 0) is 11.2 Å². The molecule has 0 N–H and O–H groups in total. The van der Waals surface area contributed by atoms with Crippen molar-refractivity contribution >= 4 is 33.1 Å². The molecule has 1 aliphatic heterocycles. The molecule has 4 heterocycles. The average Bonchev–Trinajstić information content (AvgIpc) is 3.35. The Balaban J connectivity index is 1.39. The van der Waals surface area contributed by atoms with Crippen LogP contribution in [0.3, 0.4) is 0 Å². The lowest BCUT2D eigenvalue weighted by atomic mass is 10.1. The topological polar surface area (TPSA) is 79.5 Å². The Morgan fingerprint density at radius 3 is 1.90 bits per heavy atom. The molecule has 0 radical (unpaired) electrons. The second-order valence-electron chi connectivity index (χ2n) is 9.35. The van der Waals surface area contributed by atoms with Crippen LogP contribution in [0.1, 0.15) is 0 Å². The molecule has 3 aromatic heterocycles. The van der Waals surface area contributed by atoms with Crippen molar-refractivity contribution in [1.82, 2.24) is 24.5 Å². The van der Waals surface area contributed by atoms with Gasteiger partial charge in [-0.1, -0.05) is 72.8 Å². The summed E-state index contributed by atoms with van der Waals surface area (Å²) in [7, 11) is 0. The van der Waals surface area contributed by atoms with E-state index in [-0.39, 0.29) is 0 Å². The highest BCUT2D eigenvalue weighted by Crippen LogP contribution is 2.43. The van der Waals surface area contributed by atoms with Crippen molar-refractivity contribution in [3.05, 3.63) is 115 Å². The Bertz CT molecular complexity index is 1980. The van der Waals surface area contributed by atoms with Crippen molar-refractivity contribution in [2.24, 2.45) is 0 Å². The molecule has 0 bridgehead atoms. The third-order valence-corrected chi connectivity index (χ3v) is 8.54. The van der Waals surface area contributed by atoms with Crippen molar-refractivity contribution in [1.29, 1.82) is 0 Å². The first-order chi connectivity index (χ1) is 19.3. The fourth-order valence-electron chi connectivity index (χ4n) is 5.28. The summed E-state index contributed by atoms with van der Waals surface area (Å²) in [6.07, 6.45) is 1.74. The number of hydrogen-bond acceptors (Lipinski definition) is 5. The zero-order chi connectivity index (χ0) is 25.9. The van der Waals surface area contributed by atoms with E-state index in [0.29, 0.717) is 17.5 Å². The summed E-state index contributed by atoms with van der Waals surface area (Å²) in [6, 6.07) is 35.8. The van der Waals surface area contributed by atoms with E-state index in [1.54, 1.807) is 6.20 Å². The molecule has 8 rings (SSSR count). The normalized spacial score (nSPS) is 14.0. The molecule has 0 fully saturated rings. The summed E-state index contributed by atoms with van der Waals surface area (Å²) in [5, 5.41) is 0.959. The Morgan fingerprint density at radius 1 is 0.590 bits per heavy atom. The molecule has 0 aliphatic carbocycles. The van der Waals surface area contributed by atoms with Crippen molar-refractivity contribution < 1.29 is 4.55 Å².